The van der Waals surface area contributed by atoms with Crippen molar-refractivity contribution in [1.29, 1.82) is 0 Å². The minimum Gasteiger partial charge on any atom is -0.482 e. The number of benzene rings is 1. The molecule has 0 aliphatic heterocycles. The molecule has 6 nitrogen and oxygen atoms in total. The number of ether oxygens (including phenoxy) is 2. The topological polar surface area (TPSA) is 77.5 Å². The molecule has 1 amide bonds. The summed E-state index contributed by atoms with van der Waals surface area (Å²) in [4.78, 5) is 26.7. The first-order valence-electron chi connectivity index (χ1n) is 7.22. The molecule has 0 aliphatic carbocycles. The number of nitrogens with one attached hydrogen (secondary N) is 1. The number of anilines is 1. The molecular weight excluding hydrogens is 412 g/mol. The zero-order valence-corrected chi connectivity index (χ0v) is 14.9. The number of halogens is 5. The first-order valence-corrected chi connectivity index (χ1v) is 7.97. The van der Waals surface area contributed by atoms with Crippen LogP contribution in [0.3, 0.4) is 0 Å². The van der Waals surface area contributed by atoms with E-state index in [2.05, 4.69) is 15.0 Å². The fourth-order valence-corrected chi connectivity index (χ4v) is 2.05. The average molecular weight is 423 g/mol. The Balaban J connectivity index is 1.80. The summed E-state index contributed by atoms with van der Waals surface area (Å²) < 4.78 is 47.4. The van der Waals surface area contributed by atoms with Crippen LogP contribution in [0.5, 0.6) is 5.75 Å². The number of rotatable bonds is 6. The van der Waals surface area contributed by atoms with Gasteiger partial charge in [-0.1, -0.05) is 23.2 Å². The van der Waals surface area contributed by atoms with Crippen molar-refractivity contribution < 1.29 is 32.2 Å². The highest BCUT2D eigenvalue weighted by atomic mass is 35.5. The maximum atomic E-state index is 12.5. The predicted octanol–water partition coefficient (Wildman–Crippen LogP) is 3.97. The molecule has 144 valence electrons. The standard InChI is InChI=1S/C16H11Cl2F3N2O4/c17-10-1-3-11(4-2-10)26-8-14(25)27-7-13(24)23-15-12(18)5-9(6-22-15)16(19,20)21/h1-6H,7-8H2,(H,22,23,24). The molecule has 11 heteroatoms. The van der Waals surface area contributed by atoms with Crippen molar-refractivity contribution in [3.8, 4) is 5.75 Å². The summed E-state index contributed by atoms with van der Waals surface area (Å²) >= 11 is 11.4. The normalized spacial score (nSPS) is 11.0. The van der Waals surface area contributed by atoms with Crippen LogP contribution in [-0.2, 0) is 20.5 Å². The van der Waals surface area contributed by atoms with Crippen LogP contribution in [0.25, 0.3) is 0 Å². The number of amides is 1. The van der Waals surface area contributed by atoms with E-state index >= 15 is 0 Å². The summed E-state index contributed by atoms with van der Waals surface area (Å²) in [5.74, 6) is -1.57. The lowest BCUT2D eigenvalue weighted by Gasteiger charge is -2.10. The van der Waals surface area contributed by atoms with Crippen molar-refractivity contribution in [3.05, 3.63) is 52.1 Å². The average Bonchev–Trinajstić information content (AvgIpc) is 2.60. The van der Waals surface area contributed by atoms with Gasteiger partial charge in [-0.15, -0.1) is 0 Å². The third-order valence-corrected chi connectivity index (χ3v) is 3.50. The molecule has 2 aromatic rings. The fourth-order valence-electron chi connectivity index (χ4n) is 1.71. The molecule has 2 rings (SSSR count). The number of hydrogen-bond donors (Lipinski definition) is 1. The summed E-state index contributed by atoms with van der Waals surface area (Å²) in [6, 6.07) is 6.84. The summed E-state index contributed by atoms with van der Waals surface area (Å²) in [5, 5.41) is 2.23. The zero-order chi connectivity index (χ0) is 20.0. The van der Waals surface area contributed by atoms with E-state index in [0.717, 1.165) is 0 Å². The summed E-state index contributed by atoms with van der Waals surface area (Å²) in [5.41, 5.74) is -1.06. The van der Waals surface area contributed by atoms with Gasteiger partial charge in [-0.25, -0.2) is 9.78 Å². The van der Waals surface area contributed by atoms with Gasteiger partial charge in [-0.2, -0.15) is 13.2 Å². The van der Waals surface area contributed by atoms with Crippen molar-refractivity contribution in [3.63, 3.8) is 0 Å². The summed E-state index contributed by atoms with van der Waals surface area (Å²) in [7, 11) is 0. The molecule has 0 spiro atoms. The van der Waals surface area contributed by atoms with Gasteiger partial charge >= 0.3 is 12.1 Å². The van der Waals surface area contributed by atoms with E-state index in [9.17, 15) is 22.8 Å². The molecule has 0 saturated heterocycles. The molecule has 1 aromatic heterocycles. The molecule has 1 heterocycles. The van der Waals surface area contributed by atoms with Gasteiger partial charge in [0.2, 0.25) is 0 Å². The van der Waals surface area contributed by atoms with Gasteiger partial charge in [-0.3, -0.25) is 4.79 Å². The number of pyridine rings is 1. The van der Waals surface area contributed by atoms with Crippen LogP contribution >= 0.6 is 23.2 Å². The highest BCUT2D eigenvalue weighted by Crippen LogP contribution is 2.32. The second-order valence-electron chi connectivity index (χ2n) is 5.00. The number of nitrogens with zero attached hydrogens (tertiary/aromatic N) is 1. The van der Waals surface area contributed by atoms with Crippen molar-refractivity contribution in [2.75, 3.05) is 18.5 Å². The molecule has 1 aromatic carbocycles. The smallest absolute Gasteiger partial charge is 0.417 e. The van der Waals surface area contributed by atoms with E-state index in [0.29, 0.717) is 23.0 Å². The quantitative estimate of drug-likeness (QED) is 0.712. The second kappa shape index (κ2) is 8.92. The van der Waals surface area contributed by atoms with E-state index in [4.69, 9.17) is 27.9 Å². The largest absolute Gasteiger partial charge is 0.482 e. The maximum Gasteiger partial charge on any atom is 0.417 e. The third kappa shape index (κ3) is 6.61. The highest BCUT2D eigenvalue weighted by Gasteiger charge is 2.31. The number of carbonyl (C=O) groups excluding carboxylic acids is 2. The molecule has 0 saturated carbocycles. The van der Waals surface area contributed by atoms with E-state index in [1.807, 2.05) is 0 Å². The zero-order valence-electron chi connectivity index (χ0n) is 13.3. The number of alkyl halides is 3. The number of aromatic nitrogens is 1. The Morgan fingerprint density at radius 1 is 1.11 bits per heavy atom. The Labute approximate surface area is 161 Å². The lowest BCUT2D eigenvalue weighted by atomic mass is 10.3. The van der Waals surface area contributed by atoms with Gasteiger partial charge in [0.05, 0.1) is 10.6 Å². The fraction of sp³-hybridized carbons (Fsp3) is 0.188. The third-order valence-electron chi connectivity index (χ3n) is 2.96. The van der Waals surface area contributed by atoms with Crippen LogP contribution < -0.4 is 10.1 Å². The Morgan fingerprint density at radius 2 is 1.78 bits per heavy atom. The van der Waals surface area contributed by atoms with Crippen molar-refractivity contribution in [1.82, 2.24) is 4.98 Å². The lowest BCUT2D eigenvalue weighted by Crippen LogP contribution is -2.24. The molecular formula is C16H11Cl2F3N2O4. The maximum absolute atomic E-state index is 12.5. The van der Waals surface area contributed by atoms with Gasteiger partial charge in [0.15, 0.2) is 19.0 Å². The van der Waals surface area contributed by atoms with Gasteiger partial charge in [-0.05, 0) is 30.3 Å². The number of esters is 1. The van der Waals surface area contributed by atoms with Crippen LogP contribution in [0.4, 0.5) is 19.0 Å². The van der Waals surface area contributed by atoms with Crippen molar-refractivity contribution in [2.24, 2.45) is 0 Å². The monoisotopic (exact) mass is 422 g/mol. The molecule has 0 fully saturated rings. The van der Waals surface area contributed by atoms with Crippen molar-refractivity contribution in [2.45, 2.75) is 6.18 Å². The lowest BCUT2D eigenvalue weighted by molar-refractivity contribution is -0.149. The van der Waals surface area contributed by atoms with Gasteiger partial charge in [0, 0.05) is 11.2 Å². The molecule has 27 heavy (non-hydrogen) atoms. The summed E-state index contributed by atoms with van der Waals surface area (Å²) in [6.45, 7) is -1.14. The Hall–Kier alpha value is -2.52. The highest BCUT2D eigenvalue weighted by molar-refractivity contribution is 6.33. The van der Waals surface area contributed by atoms with E-state index < -0.39 is 41.9 Å². The molecule has 0 bridgehead atoms. The molecule has 0 atom stereocenters. The first kappa shape index (κ1) is 20.8. The molecule has 0 aliphatic rings. The van der Waals surface area contributed by atoms with E-state index in [-0.39, 0.29) is 5.82 Å². The molecule has 0 radical (unpaired) electrons. The minimum atomic E-state index is -4.61. The van der Waals surface area contributed by atoms with E-state index in [1.54, 1.807) is 24.3 Å². The summed E-state index contributed by atoms with van der Waals surface area (Å²) in [6.07, 6.45) is -4.09. The Kier molecular flexibility index (Phi) is 6.86. The van der Waals surface area contributed by atoms with Crippen molar-refractivity contribution >= 4 is 40.9 Å². The van der Waals surface area contributed by atoms with Crippen LogP contribution in [-0.4, -0.2) is 30.1 Å². The first-order chi connectivity index (χ1) is 12.6. The van der Waals surface area contributed by atoms with Crippen LogP contribution in [0.1, 0.15) is 5.56 Å². The van der Waals surface area contributed by atoms with Gasteiger partial charge in [0.1, 0.15) is 5.75 Å². The SMILES string of the molecule is O=C(COC(=O)COc1ccc(Cl)cc1)Nc1ncc(C(F)(F)F)cc1Cl. The molecule has 0 unspecified atom stereocenters. The minimum absolute atomic E-state index is 0.289. The van der Waals surface area contributed by atoms with Crippen LogP contribution in [0.2, 0.25) is 10.0 Å². The predicted molar refractivity (Wildman–Crippen MR) is 90.8 cm³/mol. The number of carbonyl (C=O) groups is 2. The van der Waals surface area contributed by atoms with Gasteiger partial charge < -0.3 is 14.8 Å². The van der Waals surface area contributed by atoms with Gasteiger partial charge in [0.25, 0.3) is 5.91 Å². The van der Waals surface area contributed by atoms with Crippen LogP contribution in [0.15, 0.2) is 36.5 Å². The Bertz CT molecular complexity index is 829. The van der Waals surface area contributed by atoms with Crippen LogP contribution in [0, 0.1) is 0 Å². The Morgan fingerprint density at radius 3 is 2.37 bits per heavy atom. The van der Waals surface area contributed by atoms with E-state index in [1.165, 1.54) is 0 Å². The second-order valence-corrected chi connectivity index (χ2v) is 5.85. The molecule has 1 N–H and O–H groups in total. The number of hydrogen-bond acceptors (Lipinski definition) is 5.